The summed E-state index contributed by atoms with van der Waals surface area (Å²) in [7, 11) is 0. The molecule has 3 saturated heterocycles. The number of rotatable bonds is 10. The average Bonchev–Trinajstić information content (AvgIpc) is 2.92. The van der Waals surface area contributed by atoms with Crippen molar-refractivity contribution in [2.45, 2.75) is 136 Å². The first-order chi connectivity index (χ1) is 19.3. The van der Waals surface area contributed by atoms with E-state index in [1.54, 1.807) is 0 Å². The highest BCUT2D eigenvalue weighted by Crippen LogP contribution is 2.40. The highest BCUT2D eigenvalue weighted by molar-refractivity contribution is 5.73. The first kappa shape index (κ1) is 33.8. The van der Waals surface area contributed by atoms with E-state index in [2.05, 4.69) is 44.7 Å². The zero-order valence-electron chi connectivity index (χ0n) is 25.6. The van der Waals surface area contributed by atoms with Crippen molar-refractivity contribution in [3.63, 3.8) is 0 Å². The monoisotopic (exact) mass is 586 g/mol. The van der Waals surface area contributed by atoms with E-state index in [4.69, 9.17) is 28.4 Å². The van der Waals surface area contributed by atoms with Crippen LogP contribution in [0.1, 0.15) is 68.2 Å². The first-order valence-corrected chi connectivity index (χ1v) is 14.8. The molecule has 6 unspecified atom stereocenters. The number of aliphatic hydroxyl groups is 2. The van der Waals surface area contributed by atoms with Gasteiger partial charge >= 0.3 is 5.97 Å². The molecule has 0 aromatic carbocycles. The molecular weight excluding hydrogens is 536 g/mol. The quantitative estimate of drug-likeness (QED) is 0.255. The van der Waals surface area contributed by atoms with E-state index in [0.717, 1.165) is 6.42 Å². The Morgan fingerprint density at radius 3 is 2.00 bits per heavy atom. The molecule has 15 atom stereocenters. The smallest absolute Gasteiger partial charge is 0.302 e. The number of aliphatic hydroxyl groups excluding tert-OH is 2. The average molecular weight is 587 g/mol. The van der Waals surface area contributed by atoms with Crippen molar-refractivity contribution in [3.8, 4) is 0 Å². The van der Waals surface area contributed by atoms with Crippen LogP contribution in [0.2, 0.25) is 0 Å². The summed E-state index contributed by atoms with van der Waals surface area (Å²) in [4.78, 5) is 27.6. The Morgan fingerprint density at radius 1 is 0.829 bits per heavy atom. The van der Waals surface area contributed by atoms with Crippen molar-refractivity contribution in [2.24, 2.45) is 28.7 Å². The molecule has 1 amide bonds. The number of carbonyl (C=O) groups excluding carboxylic acids is 2. The molecule has 0 aromatic rings. The van der Waals surface area contributed by atoms with Crippen LogP contribution in [0.5, 0.6) is 0 Å². The number of aliphatic imine (C=N–C) groups is 1. The van der Waals surface area contributed by atoms with Crippen molar-refractivity contribution in [1.82, 2.24) is 5.32 Å². The highest BCUT2D eigenvalue weighted by Gasteiger charge is 2.52. The molecule has 3 aliphatic heterocycles. The van der Waals surface area contributed by atoms with Crippen molar-refractivity contribution < 1.29 is 48.2 Å². The van der Waals surface area contributed by atoms with E-state index in [1.807, 2.05) is 13.8 Å². The third kappa shape index (κ3) is 7.65. The van der Waals surface area contributed by atoms with Gasteiger partial charge in [0.25, 0.3) is 0 Å². The molecule has 0 bridgehead atoms. The molecule has 0 aromatic heterocycles. The van der Waals surface area contributed by atoms with Gasteiger partial charge in [-0.15, -0.1) is 0 Å². The largest absolute Gasteiger partial charge is 0.463 e. The maximum absolute atomic E-state index is 12.3. The van der Waals surface area contributed by atoms with Crippen molar-refractivity contribution in [2.75, 3.05) is 6.61 Å². The third-order valence-corrected chi connectivity index (χ3v) is 9.11. The lowest BCUT2D eigenvalue weighted by molar-refractivity contribution is -0.341. The van der Waals surface area contributed by atoms with Crippen LogP contribution in [0.3, 0.4) is 0 Å². The first-order valence-electron chi connectivity index (χ1n) is 14.8. The predicted octanol–water partition coefficient (Wildman–Crippen LogP) is 1.79. The summed E-state index contributed by atoms with van der Waals surface area (Å²) in [5.74, 6) is -0.180. The Kier molecular flexibility index (Phi) is 12.1. The minimum atomic E-state index is -1.48. The summed E-state index contributed by atoms with van der Waals surface area (Å²) >= 11 is 0. The second-order valence-electron chi connectivity index (χ2n) is 11.8. The SMILES string of the molecule is C=NC1[C@H](O)OC(COC(C)=O)[C@H](O[C@@H]2OC(CC)[C@H](O[C@@H]3OC(CC)[C@H](C)[C@H](C)C3C)[C@H](C)C2NC(C)=O)[C@@H]1O. The van der Waals surface area contributed by atoms with Gasteiger partial charge in [-0.05, 0) is 31.4 Å². The normalized spacial score (nSPS) is 45.1. The number of ether oxygens (including phenoxy) is 6. The van der Waals surface area contributed by atoms with E-state index in [1.165, 1.54) is 13.8 Å². The summed E-state index contributed by atoms with van der Waals surface area (Å²) in [5.41, 5.74) is 0. The second kappa shape index (κ2) is 14.7. The van der Waals surface area contributed by atoms with Crippen molar-refractivity contribution in [3.05, 3.63) is 0 Å². The molecule has 3 heterocycles. The number of amides is 1. The lowest BCUT2D eigenvalue weighted by Gasteiger charge is -2.50. The minimum Gasteiger partial charge on any atom is -0.463 e. The van der Waals surface area contributed by atoms with Crippen LogP contribution in [0, 0.1) is 23.7 Å². The van der Waals surface area contributed by atoms with Crippen LogP contribution >= 0.6 is 0 Å². The van der Waals surface area contributed by atoms with Crippen molar-refractivity contribution >= 4 is 18.6 Å². The molecule has 12 heteroatoms. The topological polar surface area (TPSA) is 154 Å². The molecule has 236 valence electrons. The van der Waals surface area contributed by atoms with E-state index >= 15 is 0 Å². The molecule has 0 saturated carbocycles. The third-order valence-electron chi connectivity index (χ3n) is 9.11. The Labute approximate surface area is 243 Å². The van der Waals surface area contributed by atoms with Gasteiger partial charge in [0.15, 0.2) is 18.9 Å². The van der Waals surface area contributed by atoms with Gasteiger partial charge in [0.1, 0.15) is 31.0 Å². The summed E-state index contributed by atoms with van der Waals surface area (Å²) in [6, 6.07) is -1.77. The summed E-state index contributed by atoms with van der Waals surface area (Å²) in [5, 5.41) is 24.4. The van der Waals surface area contributed by atoms with Gasteiger partial charge in [0.2, 0.25) is 5.91 Å². The summed E-state index contributed by atoms with van der Waals surface area (Å²) < 4.78 is 36.6. The van der Waals surface area contributed by atoms with Gasteiger partial charge < -0.3 is 44.0 Å². The molecule has 3 rings (SSSR count). The fourth-order valence-corrected chi connectivity index (χ4v) is 6.26. The van der Waals surface area contributed by atoms with Gasteiger partial charge in [-0.1, -0.05) is 41.5 Å². The van der Waals surface area contributed by atoms with E-state index in [-0.39, 0.29) is 30.5 Å². The number of hydrogen-bond acceptors (Lipinski definition) is 11. The molecule has 3 fully saturated rings. The molecule has 0 aliphatic carbocycles. The Bertz CT molecular complexity index is 890. The fraction of sp³-hybridized carbons (Fsp3) is 0.897. The Balaban J connectivity index is 1.86. The van der Waals surface area contributed by atoms with Gasteiger partial charge in [-0.25, -0.2) is 0 Å². The molecule has 41 heavy (non-hydrogen) atoms. The van der Waals surface area contributed by atoms with E-state index in [0.29, 0.717) is 18.3 Å². The van der Waals surface area contributed by atoms with E-state index in [9.17, 15) is 19.8 Å². The maximum Gasteiger partial charge on any atom is 0.302 e. The Hall–Kier alpha value is -1.67. The molecular formula is C29H50N2O10. The number of nitrogens with one attached hydrogen (secondary N) is 1. The molecule has 0 radical (unpaired) electrons. The number of hydrogen-bond donors (Lipinski definition) is 3. The zero-order chi connectivity index (χ0) is 30.6. The molecule has 3 aliphatic rings. The van der Waals surface area contributed by atoms with Gasteiger partial charge in [-0.2, -0.15) is 0 Å². The second-order valence-corrected chi connectivity index (χ2v) is 11.8. The summed E-state index contributed by atoms with van der Waals surface area (Å²) in [6.07, 6.45) is -5.72. The number of carbonyl (C=O) groups is 2. The van der Waals surface area contributed by atoms with Gasteiger partial charge in [-0.3, -0.25) is 14.6 Å². The lowest BCUT2D eigenvalue weighted by atomic mass is 9.78. The van der Waals surface area contributed by atoms with Crippen molar-refractivity contribution in [1.29, 1.82) is 0 Å². The van der Waals surface area contributed by atoms with Crippen LogP contribution in [-0.2, 0) is 38.0 Å². The fourth-order valence-electron chi connectivity index (χ4n) is 6.26. The minimum absolute atomic E-state index is 0.0806. The lowest BCUT2D eigenvalue weighted by Crippen LogP contribution is -2.65. The van der Waals surface area contributed by atoms with Gasteiger partial charge in [0.05, 0.1) is 24.4 Å². The summed E-state index contributed by atoms with van der Waals surface area (Å²) in [6.45, 7) is 18.4. The molecule has 3 N–H and O–H groups in total. The highest BCUT2D eigenvalue weighted by atomic mass is 16.7. The maximum atomic E-state index is 12.3. The van der Waals surface area contributed by atoms with Crippen LogP contribution in [-0.4, -0.2) is 103 Å². The van der Waals surface area contributed by atoms with E-state index < -0.39 is 67.4 Å². The van der Waals surface area contributed by atoms with Crippen LogP contribution < -0.4 is 5.32 Å². The number of esters is 1. The van der Waals surface area contributed by atoms with Crippen LogP contribution in [0.25, 0.3) is 0 Å². The standard InChI is InChI=1S/C29H50N2O10/c1-10-19-14(4)13(3)15(5)28(38-19)40-25-16(6)22(31-17(7)32)29(39-20(25)11-2)41-26-21(12-36-18(8)33)37-27(35)23(30-9)24(26)34/h13-16,19-29,34-35H,9-12H2,1-8H3,(H,31,32)/t13-,14+,15?,16+,19?,20?,21?,22?,23?,24+,25+,26-,27+,28-,29-/m0/s1. The number of nitrogens with zero attached hydrogens (tertiary/aromatic N) is 1. The predicted molar refractivity (Wildman–Crippen MR) is 149 cm³/mol. The molecule has 12 nitrogen and oxygen atoms in total. The molecule has 0 spiro atoms. The van der Waals surface area contributed by atoms with Gasteiger partial charge in [0, 0.05) is 25.7 Å². The van der Waals surface area contributed by atoms with Crippen LogP contribution in [0.15, 0.2) is 4.99 Å². The van der Waals surface area contributed by atoms with Crippen LogP contribution in [0.4, 0.5) is 0 Å². The zero-order valence-corrected chi connectivity index (χ0v) is 25.6. The Morgan fingerprint density at radius 2 is 1.44 bits per heavy atom.